The van der Waals surface area contributed by atoms with Crippen LogP contribution in [0.25, 0.3) is 0 Å². The number of sulfonamides is 1. The van der Waals surface area contributed by atoms with Crippen molar-refractivity contribution in [3.63, 3.8) is 0 Å². The molecule has 1 N–H and O–H groups in total. The fourth-order valence-corrected chi connectivity index (χ4v) is 4.00. The smallest absolute Gasteiger partial charge is 0.303 e. The second kappa shape index (κ2) is 7.89. The van der Waals surface area contributed by atoms with E-state index in [2.05, 4.69) is 0 Å². The van der Waals surface area contributed by atoms with Crippen LogP contribution in [0, 0.1) is 13.8 Å². The first kappa shape index (κ1) is 19.3. The fraction of sp³-hybridized carbons (Fsp3) is 0.278. The maximum atomic E-state index is 13.1. The summed E-state index contributed by atoms with van der Waals surface area (Å²) >= 11 is 6.03. The molecule has 134 valence electrons. The number of rotatable bonds is 7. The van der Waals surface area contributed by atoms with Gasteiger partial charge in [-0.15, -0.1) is 0 Å². The number of carbonyl (C=O) groups is 1. The van der Waals surface area contributed by atoms with E-state index in [1.54, 1.807) is 49.4 Å². The maximum Gasteiger partial charge on any atom is 0.303 e. The molecule has 5 nitrogen and oxygen atoms in total. The molecule has 0 heterocycles. The second-order valence-electron chi connectivity index (χ2n) is 5.82. The average Bonchev–Trinajstić information content (AvgIpc) is 2.54. The summed E-state index contributed by atoms with van der Waals surface area (Å²) < 4.78 is 27.4. The van der Waals surface area contributed by atoms with E-state index >= 15 is 0 Å². The Bertz CT molecular complexity index is 863. The Labute approximate surface area is 152 Å². The summed E-state index contributed by atoms with van der Waals surface area (Å²) in [5.74, 6) is -0.958. The summed E-state index contributed by atoms with van der Waals surface area (Å²) in [6.07, 6.45) is 0.106. The third-order valence-electron chi connectivity index (χ3n) is 3.79. The molecule has 7 heteroatoms. The lowest BCUT2D eigenvalue weighted by molar-refractivity contribution is -0.137. The highest BCUT2D eigenvalue weighted by atomic mass is 35.5. The van der Waals surface area contributed by atoms with Crippen molar-refractivity contribution in [2.75, 3.05) is 10.8 Å². The monoisotopic (exact) mass is 381 g/mol. The van der Waals surface area contributed by atoms with E-state index in [9.17, 15) is 13.2 Å². The number of nitrogens with zero attached hydrogens (tertiary/aromatic N) is 1. The molecule has 0 atom stereocenters. The van der Waals surface area contributed by atoms with Gasteiger partial charge in [-0.2, -0.15) is 0 Å². The largest absolute Gasteiger partial charge is 0.481 e. The molecule has 0 aliphatic heterocycles. The third kappa shape index (κ3) is 4.74. The van der Waals surface area contributed by atoms with Gasteiger partial charge in [-0.1, -0.05) is 29.3 Å². The highest BCUT2D eigenvalue weighted by Gasteiger charge is 2.25. The molecule has 0 amide bonds. The standard InChI is InChI=1S/C18H20ClNO4S/c1-13-5-8-16(9-6-13)25(23,24)20(11-3-4-18(21)22)15-7-10-17(19)14(2)12-15/h5-10,12H,3-4,11H2,1-2H3,(H,21,22). The van der Waals surface area contributed by atoms with E-state index < -0.39 is 16.0 Å². The summed E-state index contributed by atoms with van der Waals surface area (Å²) in [6.45, 7) is 3.74. The minimum absolute atomic E-state index is 0.0730. The van der Waals surface area contributed by atoms with Gasteiger partial charge in [0.05, 0.1) is 10.6 Å². The number of benzene rings is 2. The van der Waals surface area contributed by atoms with Gasteiger partial charge in [0, 0.05) is 18.0 Å². The van der Waals surface area contributed by atoms with E-state index in [1.165, 1.54) is 4.31 Å². The molecule has 0 saturated carbocycles. The van der Waals surface area contributed by atoms with Gasteiger partial charge in [-0.25, -0.2) is 8.42 Å². The molecule has 2 aromatic rings. The van der Waals surface area contributed by atoms with Crippen molar-refractivity contribution in [2.24, 2.45) is 0 Å². The van der Waals surface area contributed by atoms with Crippen molar-refractivity contribution in [1.29, 1.82) is 0 Å². The maximum absolute atomic E-state index is 13.1. The van der Waals surface area contributed by atoms with Crippen LogP contribution in [-0.4, -0.2) is 26.0 Å². The highest BCUT2D eigenvalue weighted by molar-refractivity contribution is 7.92. The average molecular weight is 382 g/mol. The molecule has 0 unspecified atom stereocenters. The predicted octanol–water partition coefficient (Wildman–Crippen LogP) is 4.02. The lowest BCUT2D eigenvalue weighted by Gasteiger charge is -2.25. The predicted molar refractivity (Wildman–Crippen MR) is 98.8 cm³/mol. The lowest BCUT2D eigenvalue weighted by atomic mass is 10.2. The molecule has 0 aromatic heterocycles. The zero-order valence-corrected chi connectivity index (χ0v) is 15.6. The summed E-state index contributed by atoms with van der Waals surface area (Å²) in [7, 11) is -3.80. The molecule has 0 fully saturated rings. The Kier molecular flexibility index (Phi) is 6.08. The molecule has 25 heavy (non-hydrogen) atoms. The van der Waals surface area contributed by atoms with Crippen molar-refractivity contribution in [3.8, 4) is 0 Å². The van der Waals surface area contributed by atoms with Crippen LogP contribution in [0.1, 0.15) is 24.0 Å². The van der Waals surface area contributed by atoms with Crippen LogP contribution in [0.4, 0.5) is 5.69 Å². The summed E-state index contributed by atoms with van der Waals surface area (Å²) in [5, 5.41) is 9.39. The number of halogens is 1. The fourth-order valence-electron chi connectivity index (χ4n) is 2.38. The van der Waals surface area contributed by atoms with Gasteiger partial charge < -0.3 is 5.11 Å². The molecule has 0 aliphatic carbocycles. The van der Waals surface area contributed by atoms with E-state index in [1.807, 2.05) is 6.92 Å². The zero-order chi connectivity index (χ0) is 18.6. The Morgan fingerprint density at radius 1 is 1.12 bits per heavy atom. The van der Waals surface area contributed by atoms with Crippen molar-refractivity contribution < 1.29 is 18.3 Å². The van der Waals surface area contributed by atoms with Gasteiger partial charge in [0.1, 0.15) is 0 Å². The number of carboxylic acids is 1. The number of anilines is 1. The number of aliphatic carboxylic acids is 1. The normalized spacial score (nSPS) is 11.3. The van der Waals surface area contributed by atoms with Gasteiger partial charge in [-0.3, -0.25) is 9.10 Å². The topological polar surface area (TPSA) is 74.7 Å². The molecule has 0 aliphatic rings. The van der Waals surface area contributed by atoms with Crippen molar-refractivity contribution >= 4 is 33.3 Å². The van der Waals surface area contributed by atoms with E-state index in [4.69, 9.17) is 16.7 Å². The second-order valence-corrected chi connectivity index (χ2v) is 8.09. The first-order valence-electron chi connectivity index (χ1n) is 7.79. The Hall–Kier alpha value is -2.05. The van der Waals surface area contributed by atoms with Crippen LogP contribution in [0.5, 0.6) is 0 Å². The minimum atomic E-state index is -3.80. The van der Waals surface area contributed by atoms with Gasteiger partial charge in [0.2, 0.25) is 0 Å². The third-order valence-corrected chi connectivity index (χ3v) is 6.06. The molecular weight excluding hydrogens is 362 g/mol. The van der Waals surface area contributed by atoms with Gasteiger partial charge in [0.15, 0.2) is 0 Å². The SMILES string of the molecule is Cc1ccc(S(=O)(=O)N(CCCC(=O)O)c2ccc(Cl)c(C)c2)cc1. The van der Waals surface area contributed by atoms with Crippen LogP contribution in [0.15, 0.2) is 47.4 Å². The molecule has 0 spiro atoms. The first-order valence-corrected chi connectivity index (χ1v) is 9.61. The van der Waals surface area contributed by atoms with Crippen molar-refractivity contribution in [2.45, 2.75) is 31.6 Å². The molecular formula is C18H20ClNO4S. The molecule has 0 radical (unpaired) electrons. The minimum Gasteiger partial charge on any atom is -0.481 e. The number of aryl methyl sites for hydroxylation is 2. The van der Waals surface area contributed by atoms with Gasteiger partial charge in [-0.05, 0) is 56.2 Å². The molecule has 0 saturated heterocycles. The Balaban J connectivity index is 2.43. The summed E-state index contributed by atoms with van der Waals surface area (Å²) in [5.41, 5.74) is 2.17. The lowest BCUT2D eigenvalue weighted by Crippen LogP contribution is -2.32. The Morgan fingerprint density at radius 3 is 2.32 bits per heavy atom. The summed E-state index contributed by atoms with van der Waals surface area (Å²) in [4.78, 5) is 11.0. The Morgan fingerprint density at radius 2 is 1.76 bits per heavy atom. The van der Waals surface area contributed by atoms with Crippen LogP contribution in [-0.2, 0) is 14.8 Å². The summed E-state index contributed by atoms with van der Waals surface area (Å²) in [6, 6.07) is 11.5. The van der Waals surface area contributed by atoms with E-state index in [0.717, 1.165) is 11.1 Å². The number of carboxylic acid groups (broad SMARTS) is 1. The number of hydrogen-bond donors (Lipinski definition) is 1. The molecule has 0 bridgehead atoms. The van der Waals surface area contributed by atoms with Crippen molar-refractivity contribution in [3.05, 3.63) is 58.6 Å². The number of hydrogen-bond acceptors (Lipinski definition) is 3. The van der Waals surface area contributed by atoms with Crippen LogP contribution >= 0.6 is 11.6 Å². The molecule has 2 rings (SSSR count). The van der Waals surface area contributed by atoms with Gasteiger partial charge >= 0.3 is 5.97 Å². The quantitative estimate of drug-likeness (QED) is 0.786. The van der Waals surface area contributed by atoms with Gasteiger partial charge in [0.25, 0.3) is 10.0 Å². The zero-order valence-electron chi connectivity index (χ0n) is 14.1. The van der Waals surface area contributed by atoms with Crippen molar-refractivity contribution in [1.82, 2.24) is 0 Å². The van der Waals surface area contributed by atoms with E-state index in [0.29, 0.717) is 10.7 Å². The van der Waals surface area contributed by atoms with Crippen LogP contribution in [0.2, 0.25) is 5.02 Å². The first-order chi connectivity index (χ1) is 11.7. The van der Waals surface area contributed by atoms with Crippen LogP contribution in [0.3, 0.4) is 0 Å². The van der Waals surface area contributed by atoms with Crippen LogP contribution < -0.4 is 4.31 Å². The highest BCUT2D eigenvalue weighted by Crippen LogP contribution is 2.28. The molecule has 2 aromatic carbocycles. The van der Waals surface area contributed by atoms with E-state index in [-0.39, 0.29) is 24.3 Å².